The maximum atomic E-state index is 12.8. The van der Waals surface area contributed by atoms with E-state index in [1.54, 1.807) is 18.0 Å². The summed E-state index contributed by atoms with van der Waals surface area (Å²) in [6.07, 6.45) is 0.217. The van der Waals surface area contributed by atoms with Crippen LogP contribution in [0.15, 0.2) is 48.5 Å². The lowest BCUT2D eigenvalue weighted by Gasteiger charge is -2.34. The van der Waals surface area contributed by atoms with Crippen molar-refractivity contribution in [2.24, 2.45) is 0 Å². The molecule has 0 bridgehead atoms. The van der Waals surface area contributed by atoms with Crippen LogP contribution in [0.3, 0.4) is 0 Å². The molecule has 27 heavy (non-hydrogen) atoms. The van der Waals surface area contributed by atoms with E-state index >= 15 is 0 Å². The summed E-state index contributed by atoms with van der Waals surface area (Å²) in [6.45, 7) is 2.67. The molecular formula is C21H24N2O4. The Bertz CT molecular complexity index is 821. The van der Waals surface area contributed by atoms with E-state index in [0.717, 1.165) is 11.3 Å². The van der Waals surface area contributed by atoms with Crippen molar-refractivity contribution in [3.63, 3.8) is 0 Å². The molecule has 0 spiro atoms. The molecule has 0 radical (unpaired) electrons. The monoisotopic (exact) mass is 368 g/mol. The Labute approximate surface area is 159 Å². The van der Waals surface area contributed by atoms with E-state index in [0.29, 0.717) is 30.9 Å². The van der Waals surface area contributed by atoms with Crippen LogP contribution in [0.5, 0.6) is 11.5 Å². The van der Waals surface area contributed by atoms with E-state index in [1.807, 2.05) is 49.4 Å². The van der Waals surface area contributed by atoms with Crippen LogP contribution in [-0.4, -0.2) is 38.1 Å². The lowest BCUT2D eigenvalue weighted by atomic mass is 10.1. The topological polar surface area (TPSA) is 67.9 Å². The van der Waals surface area contributed by atoms with Gasteiger partial charge in [-0.25, -0.2) is 0 Å². The molecule has 0 fully saturated rings. The van der Waals surface area contributed by atoms with Crippen LogP contribution >= 0.6 is 0 Å². The summed E-state index contributed by atoms with van der Waals surface area (Å²) in [5, 5.41) is 2.58. The van der Waals surface area contributed by atoms with Crippen molar-refractivity contribution in [2.45, 2.75) is 25.9 Å². The molecule has 1 aliphatic rings. The van der Waals surface area contributed by atoms with Gasteiger partial charge in [-0.2, -0.15) is 0 Å². The fourth-order valence-corrected chi connectivity index (χ4v) is 3.02. The second-order valence-corrected chi connectivity index (χ2v) is 6.46. The summed E-state index contributed by atoms with van der Waals surface area (Å²) >= 11 is 0. The Morgan fingerprint density at radius 3 is 2.81 bits per heavy atom. The minimum atomic E-state index is -0.711. The number of ether oxygens (including phenoxy) is 2. The zero-order chi connectivity index (χ0) is 19.2. The average molecular weight is 368 g/mol. The Balaban J connectivity index is 1.60. The highest BCUT2D eigenvalue weighted by Gasteiger charge is 2.32. The minimum Gasteiger partial charge on any atom is -0.494 e. The molecule has 1 atom stereocenters. The van der Waals surface area contributed by atoms with Gasteiger partial charge in [-0.1, -0.05) is 24.3 Å². The number of rotatable bonds is 6. The second kappa shape index (κ2) is 8.58. The largest absolute Gasteiger partial charge is 0.494 e. The van der Waals surface area contributed by atoms with Gasteiger partial charge < -0.3 is 19.7 Å². The molecule has 2 amide bonds. The summed E-state index contributed by atoms with van der Waals surface area (Å²) in [7, 11) is 1.56. The smallest absolute Gasteiger partial charge is 0.262 e. The zero-order valence-corrected chi connectivity index (χ0v) is 15.6. The predicted molar refractivity (Wildman–Crippen MR) is 103 cm³/mol. The van der Waals surface area contributed by atoms with Crippen molar-refractivity contribution in [1.29, 1.82) is 0 Å². The van der Waals surface area contributed by atoms with E-state index < -0.39 is 6.10 Å². The summed E-state index contributed by atoms with van der Waals surface area (Å²) in [5.41, 5.74) is 1.83. The van der Waals surface area contributed by atoms with E-state index in [4.69, 9.17) is 9.47 Å². The standard InChI is InChI=1S/C21H24N2O4/c1-15-7-5-8-16(13-15)26-12-6-11-20(24)23-14-19(21(25)22-2)27-18-10-4-3-9-17(18)23/h3-5,7-10,13,19H,6,11-12,14H2,1-2H3,(H,22,25)/t19-/m0/s1. The van der Waals surface area contributed by atoms with E-state index in [1.165, 1.54) is 0 Å². The van der Waals surface area contributed by atoms with Crippen LogP contribution in [-0.2, 0) is 9.59 Å². The maximum absolute atomic E-state index is 12.8. The van der Waals surface area contributed by atoms with Crippen molar-refractivity contribution in [1.82, 2.24) is 5.32 Å². The van der Waals surface area contributed by atoms with Crippen LogP contribution in [0.25, 0.3) is 0 Å². The van der Waals surface area contributed by atoms with Crippen molar-refractivity contribution in [2.75, 3.05) is 25.1 Å². The molecule has 0 saturated carbocycles. The van der Waals surface area contributed by atoms with Crippen LogP contribution < -0.4 is 19.7 Å². The fourth-order valence-electron chi connectivity index (χ4n) is 3.02. The average Bonchev–Trinajstić information content (AvgIpc) is 2.69. The molecule has 0 aliphatic carbocycles. The van der Waals surface area contributed by atoms with Gasteiger partial charge in [-0.15, -0.1) is 0 Å². The van der Waals surface area contributed by atoms with E-state index in [2.05, 4.69) is 5.32 Å². The fraction of sp³-hybridized carbons (Fsp3) is 0.333. The number of nitrogens with one attached hydrogen (secondary N) is 1. The number of fused-ring (bicyclic) bond motifs is 1. The predicted octanol–water partition coefficient (Wildman–Crippen LogP) is 2.69. The van der Waals surface area contributed by atoms with Crippen molar-refractivity contribution in [3.05, 3.63) is 54.1 Å². The molecule has 142 valence electrons. The number of hydrogen-bond acceptors (Lipinski definition) is 4. The number of hydrogen-bond donors (Lipinski definition) is 1. The van der Waals surface area contributed by atoms with Crippen LogP contribution in [0.1, 0.15) is 18.4 Å². The number of anilines is 1. The Hall–Kier alpha value is -3.02. The summed E-state index contributed by atoms with van der Waals surface area (Å²) in [4.78, 5) is 26.4. The van der Waals surface area contributed by atoms with Gasteiger partial charge in [0.2, 0.25) is 5.91 Å². The zero-order valence-electron chi connectivity index (χ0n) is 15.6. The van der Waals surface area contributed by atoms with Gasteiger partial charge in [0.15, 0.2) is 6.10 Å². The number of likely N-dealkylation sites (N-methyl/N-ethyl adjacent to an activating group) is 1. The third-order valence-corrected chi connectivity index (χ3v) is 4.41. The molecule has 3 rings (SSSR count). The van der Waals surface area contributed by atoms with Crippen molar-refractivity contribution < 1.29 is 19.1 Å². The van der Waals surface area contributed by atoms with Gasteiger partial charge in [-0.05, 0) is 43.2 Å². The summed E-state index contributed by atoms with van der Waals surface area (Å²) < 4.78 is 11.4. The molecule has 1 aliphatic heterocycles. The Kier molecular flexibility index (Phi) is 5.96. The number of para-hydroxylation sites is 2. The first kappa shape index (κ1) is 18.8. The lowest BCUT2D eigenvalue weighted by Crippen LogP contribution is -2.50. The SMILES string of the molecule is CNC(=O)[C@@H]1CN(C(=O)CCCOc2cccc(C)c2)c2ccccc2O1. The summed E-state index contributed by atoms with van der Waals surface area (Å²) in [5.74, 6) is 1.05. The quantitative estimate of drug-likeness (QED) is 0.796. The molecule has 2 aromatic carbocycles. The number of nitrogens with zero attached hydrogens (tertiary/aromatic N) is 1. The molecule has 6 nitrogen and oxygen atoms in total. The first-order valence-electron chi connectivity index (χ1n) is 9.05. The molecule has 6 heteroatoms. The van der Waals surface area contributed by atoms with Crippen LogP contribution in [0.2, 0.25) is 0 Å². The van der Waals surface area contributed by atoms with Crippen LogP contribution in [0.4, 0.5) is 5.69 Å². The molecule has 1 heterocycles. The van der Waals surface area contributed by atoms with Crippen molar-refractivity contribution >= 4 is 17.5 Å². The number of aryl methyl sites for hydroxylation is 1. The minimum absolute atomic E-state index is 0.0486. The summed E-state index contributed by atoms with van der Waals surface area (Å²) in [6, 6.07) is 15.1. The van der Waals surface area contributed by atoms with Gasteiger partial charge in [0, 0.05) is 13.5 Å². The van der Waals surface area contributed by atoms with Gasteiger partial charge in [0.1, 0.15) is 11.5 Å². The third kappa shape index (κ3) is 4.58. The highest BCUT2D eigenvalue weighted by molar-refractivity contribution is 5.97. The molecule has 0 aromatic heterocycles. The molecule has 0 unspecified atom stereocenters. The van der Waals surface area contributed by atoms with Crippen LogP contribution in [0, 0.1) is 6.92 Å². The first-order chi connectivity index (χ1) is 13.1. The number of carbonyl (C=O) groups excluding carboxylic acids is 2. The van der Waals surface area contributed by atoms with Gasteiger partial charge >= 0.3 is 0 Å². The van der Waals surface area contributed by atoms with E-state index in [9.17, 15) is 9.59 Å². The lowest BCUT2D eigenvalue weighted by molar-refractivity contribution is -0.128. The van der Waals surface area contributed by atoms with Gasteiger partial charge in [-0.3, -0.25) is 9.59 Å². The Morgan fingerprint density at radius 2 is 2.04 bits per heavy atom. The highest BCUT2D eigenvalue weighted by Crippen LogP contribution is 2.33. The highest BCUT2D eigenvalue weighted by atomic mass is 16.5. The Morgan fingerprint density at radius 1 is 1.22 bits per heavy atom. The second-order valence-electron chi connectivity index (χ2n) is 6.46. The normalized spacial score (nSPS) is 15.5. The third-order valence-electron chi connectivity index (χ3n) is 4.41. The molecular weight excluding hydrogens is 344 g/mol. The van der Waals surface area contributed by atoms with Crippen molar-refractivity contribution in [3.8, 4) is 11.5 Å². The van der Waals surface area contributed by atoms with Gasteiger partial charge in [0.25, 0.3) is 5.91 Å². The number of amides is 2. The molecule has 1 N–H and O–H groups in total. The molecule has 0 saturated heterocycles. The maximum Gasteiger partial charge on any atom is 0.262 e. The first-order valence-corrected chi connectivity index (χ1v) is 9.05. The van der Waals surface area contributed by atoms with E-state index in [-0.39, 0.29) is 18.4 Å². The number of carbonyl (C=O) groups is 2. The number of benzene rings is 2. The van der Waals surface area contributed by atoms with Gasteiger partial charge in [0.05, 0.1) is 18.8 Å². The molecule has 2 aromatic rings.